The van der Waals surface area contributed by atoms with Gasteiger partial charge in [0.1, 0.15) is 0 Å². The maximum Gasteiger partial charge on any atom is 0.323 e. The quantitative estimate of drug-likeness (QED) is 0.462. The maximum absolute atomic E-state index is 8.50. The number of hydrogen-bond acceptors (Lipinski definition) is 4. The fraction of sp³-hybridized carbons (Fsp3) is 0.750. The Morgan fingerprint density at radius 3 is 2.58 bits per heavy atom. The highest BCUT2D eigenvalue weighted by molar-refractivity contribution is 4.56. The Labute approximate surface area is 72.7 Å². The van der Waals surface area contributed by atoms with Gasteiger partial charge in [-0.3, -0.25) is 0 Å². The van der Waals surface area contributed by atoms with Crippen molar-refractivity contribution in [1.82, 2.24) is 0 Å². The van der Waals surface area contributed by atoms with Crippen LogP contribution in [-0.4, -0.2) is 30.9 Å². The second-order valence-electron chi connectivity index (χ2n) is 2.15. The van der Waals surface area contributed by atoms with Gasteiger partial charge in [-0.1, -0.05) is 6.58 Å². The van der Waals surface area contributed by atoms with Gasteiger partial charge in [0.15, 0.2) is 0 Å². The molecule has 4 nitrogen and oxygen atoms in total. The molecule has 0 radical (unpaired) electrons. The SMILES string of the molecule is C=COC(C)(OCC)OCCO. The molecule has 0 aliphatic carbocycles. The van der Waals surface area contributed by atoms with Crippen LogP contribution in [0.4, 0.5) is 0 Å². The maximum atomic E-state index is 8.50. The van der Waals surface area contributed by atoms with Crippen LogP contribution in [0.5, 0.6) is 0 Å². The molecule has 0 aliphatic rings. The van der Waals surface area contributed by atoms with Gasteiger partial charge in [-0.25, -0.2) is 0 Å². The summed E-state index contributed by atoms with van der Waals surface area (Å²) in [7, 11) is 0. The van der Waals surface area contributed by atoms with E-state index in [-0.39, 0.29) is 13.2 Å². The highest BCUT2D eigenvalue weighted by Crippen LogP contribution is 2.14. The molecule has 0 rings (SSSR count). The molecule has 0 aliphatic heterocycles. The molecule has 0 aromatic carbocycles. The summed E-state index contributed by atoms with van der Waals surface area (Å²) in [6, 6.07) is 0. The summed E-state index contributed by atoms with van der Waals surface area (Å²) >= 11 is 0. The Balaban J connectivity index is 3.88. The summed E-state index contributed by atoms with van der Waals surface area (Å²) in [4.78, 5) is 0. The van der Waals surface area contributed by atoms with E-state index < -0.39 is 5.97 Å². The van der Waals surface area contributed by atoms with Gasteiger partial charge in [0.05, 0.1) is 26.1 Å². The summed E-state index contributed by atoms with van der Waals surface area (Å²) in [5, 5.41) is 8.50. The number of ether oxygens (including phenoxy) is 3. The molecular weight excluding hydrogens is 160 g/mol. The predicted octanol–water partition coefficient (Wildman–Crippen LogP) is 0.866. The van der Waals surface area contributed by atoms with E-state index in [4.69, 9.17) is 19.3 Å². The lowest BCUT2D eigenvalue weighted by atomic mass is 10.6. The minimum Gasteiger partial charge on any atom is -0.448 e. The lowest BCUT2D eigenvalue weighted by Gasteiger charge is -2.27. The minimum atomic E-state index is -1.13. The van der Waals surface area contributed by atoms with Crippen molar-refractivity contribution in [2.24, 2.45) is 0 Å². The summed E-state index contributed by atoms with van der Waals surface area (Å²) in [5.41, 5.74) is 0. The van der Waals surface area contributed by atoms with Crippen LogP contribution in [0.2, 0.25) is 0 Å². The number of aliphatic hydroxyl groups excluding tert-OH is 1. The molecule has 1 N–H and O–H groups in total. The molecule has 1 unspecified atom stereocenters. The molecule has 0 saturated carbocycles. The molecule has 0 heterocycles. The first kappa shape index (κ1) is 11.4. The van der Waals surface area contributed by atoms with Gasteiger partial charge >= 0.3 is 5.97 Å². The van der Waals surface area contributed by atoms with Crippen molar-refractivity contribution in [3.05, 3.63) is 12.8 Å². The van der Waals surface area contributed by atoms with Crippen LogP contribution < -0.4 is 0 Å². The average molecular weight is 176 g/mol. The van der Waals surface area contributed by atoms with Crippen molar-refractivity contribution in [2.75, 3.05) is 19.8 Å². The Morgan fingerprint density at radius 2 is 2.17 bits per heavy atom. The van der Waals surface area contributed by atoms with E-state index in [1.54, 1.807) is 6.92 Å². The van der Waals surface area contributed by atoms with Gasteiger partial charge in [0.2, 0.25) is 0 Å². The average Bonchev–Trinajstić information content (AvgIpc) is 2.02. The number of rotatable bonds is 7. The van der Waals surface area contributed by atoms with Crippen molar-refractivity contribution in [3.8, 4) is 0 Å². The molecule has 0 fully saturated rings. The number of hydrogen-bond donors (Lipinski definition) is 1. The van der Waals surface area contributed by atoms with Crippen LogP contribution in [0.25, 0.3) is 0 Å². The highest BCUT2D eigenvalue weighted by atomic mass is 16.9. The molecule has 1 atom stereocenters. The third kappa shape index (κ3) is 4.33. The van der Waals surface area contributed by atoms with Gasteiger partial charge in [-0.05, 0) is 6.92 Å². The van der Waals surface area contributed by atoms with E-state index in [1.807, 2.05) is 6.92 Å². The molecule has 72 valence electrons. The largest absolute Gasteiger partial charge is 0.448 e. The first-order chi connectivity index (χ1) is 5.68. The van der Waals surface area contributed by atoms with Gasteiger partial charge in [-0.15, -0.1) is 0 Å². The molecule has 12 heavy (non-hydrogen) atoms. The zero-order valence-electron chi connectivity index (χ0n) is 7.58. The van der Waals surface area contributed by atoms with Crippen LogP contribution in [-0.2, 0) is 14.2 Å². The monoisotopic (exact) mass is 176 g/mol. The molecule has 0 aromatic rings. The summed E-state index contributed by atoms with van der Waals surface area (Å²) in [5.74, 6) is -1.13. The predicted molar refractivity (Wildman–Crippen MR) is 44.4 cm³/mol. The van der Waals surface area contributed by atoms with Crippen molar-refractivity contribution < 1.29 is 19.3 Å². The van der Waals surface area contributed by atoms with Crippen molar-refractivity contribution >= 4 is 0 Å². The second kappa shape index (κ2) is 5.99. The number of aliphatic hydroxyl groups is 1. The Bertz CT molecular complexity index is 126. The van der Waals surface area contributed by atoms with Crippen LogP contribution >= 0.6 is 0 Å². The molecule has 0 amide bonds. The van der Waals surface area contributed by atoms with Crippen molar-refractivity contribution in [1.29, 1.82) is 0 Å². The standard InChI is InChI=1S/C8H16O4/c1-4-10-8(3,11-5-2)12-7-6-9/h4,9H,1,5-7H2,2-3H3. The Kier molecular flexibility index (Phi) is 5.70. The summed E-state index contributed by atoms with van der Waals surface area (Å²) in [6.07, 6.45) is 1.24. The van der Waals surface area contributed by atoms with Gasteiger partial charge in [0.25, 0.3) is 0 Å². The van der Waals surface area contributed by atoms with Gasteiger partial charge in [0, 0.05) is 6.92 Å². The molecule has 0 aromatic heterocycles. The third-order valence-electron chi connectivity index (χ3n) is 1.16. The first-order valence-electron chi connectivity index (χ1n) is 3.86. The molecular formula is C8H16O4. The lowest BCUT2D eigenvalue weighted by molar-refractivity contribution is -0.349. The van der Waals surface area contributed by atoms with E-state index in [1.165, 1.54) is 6.26 Å². The van der Waals surface area contributed by atoms with Crippen molar-refractivity contribution in [2.45, 2.75) is 19.8 Å². The minimum absolute atomic E-state index is 0.0663. The zero-order valence-corrected chi connectivity index (χ0v) is 7.58. The van der Waals surface area contributed by atoms with E-state index in [0.717, 1.165) is 0 Å². The fourth-order valence-corrected chi connectivity index (χ4v) is 0.754. The highest BCUT2D eigenvalue weighted by Gasteiger charge is 2.25. The molecule has 0 spiro atoms. The fourth-order valence-electron chi connectivity index (χ4n) is 0.754. The van der Waals surface area contributed by atoms with Crippen LogP contribution in [0, 0.1) is 0 Å². The third-order valence-corrected chi connectivity index (χ3v) is 1.16. The van der Waals surface area contributed by atoms with E-state index in [9.17, 15) is 0 Å². The van der Waals surface area contributed by atoms with Gasteiger partial charge in [-0.2, -0.15) is 0 Å². The molecule has 4 heteroatoms. The Hall–Kier alpha value is -0.580. The van der Waals surface area contributed by atoms with Crippen LogP contribution in [0.1, 0.15) is 13.8 Å². The second-order valence-corrected chi connectivity index (χ2v) is 2.15. The van der Waals surface area contributed by atoms with Crippen molar-refractivity contribution in [3.63, 3.8) is 0 Å². The normalized spacial score (nSPS) is 15.2. The van der Waals surface area contributed by atoms with Crippen LogP contribution in [0.15, 0.2) is 12.8 Å². The lowest BCUT2D eigenvalue weighted by Crippen LogP contribution is -2.35. The summed E-state index contributed by atoms with van der Waals surface area (Å²) in [6.45, 7) is 7.41. The topological polar surface area (TPSA) is 47.9 Å². The van der Waals surface area contributed by atoms with E-state index in [2.05, 4.69) is 6.58 Å². The van der Waals surface area contributed by atoms with Crippen LogP contribution in [0.3, 0.4) is 0 Å². The van der Waals surface area contributed by atoms with E-state index in [0.29, 0.717) is 6.61 Å². The zero-order chi connectivity index (χ0) is 9.45. The summed E-state index contributed by atoms with van der Waals surface area (Å²) < 4.78 is 15.2. The molecule has 0 saturated heterocycles. The van der Waals surface area contributed by atoms with E-state index >= 15 is 0 Å². The smallest absolute Gasteiger partial charge is 0.323 e. The molecule has 0 bridgehead atoms. The van der Waals surface area contributed by atoms with Gasteiger partial charge < -0.3 is 19.3 Å². The first-order valence-corrected chi connectivity index (χ1v) is 3.86. The Morgan fingerprint density at radius 1 is 1.50 bits per heavy atom.